The van der Waals surface area contributed by atoms with E-state index >= 15 is 0 Å². The molecule has 16 heavy (non-hydrogen) atoms. The van der Waals surface area contributed by atoms with Crippen LogP contribution in [-0.2, 0) is 4.79 Å². The molecule has 0 aromatic heterocycles. The first kappa shape index (κ1) is 13.5. The molecule has 0 bridgehead atoms. The lowest BCUT2D eigenvalue weighted by molar-refractivity contribution is -0.114. The molecule has 0 aromatic rings. The SMILES string of the molecule is CCCC(=O)C=CCC1(C)CCCC1(C)C. The highest BCUT2D eigenvalue weighted by molar-refractivity contribution is 5.89. The van der Waals surface area contributed by atoms with Crippen LogP contribution in [0.25, 0.3) is 0 Å². The Morgan fingerprint density at radius 3 is 2.44 bits per heavy atom. The molecular formula is C15H26O. The van der Waals surface area contributed by atoms with Gasteiger partial charge in [-0.15, -0.1) is 0 Å². The van der Waals surface area contributed by atoms with Gasteiger partial charge < -0.3 is 0 Å². The van der Waals surface area contributed by atoms with Crippen molar-refractivity contribution >= 4 is 5.78 Å². The molecule has 0 radical (unpaired) electrons. The highest BCUT2D eigenvalue weighted by Crippen LogP contribution is 2.54. The van der Waals surface area contributed by atoms with Crippen LogP contribution in [0.3, 0.4) is 0 Å². The molecule has 1 fully saturated rings. The van der Waals surface area contributed by atoms with Crippen molar-refractivity contribution in [1.29, 1.82) is 0 Å². The van der Waals surface area contributed by atoms with Crippen molar-refractivity contribution in [3.63, 3.8) is 0 Å². The monoisotopic (exact) mass is 222 g/mol. The fourth-order valence-electron chi connectivity index (χ4n) is 2.72. The van der Waals surface area contributed by atoms with Crippen molar-refractivity contribution < 1.29 is 4.79 Å². The Hall–Kier alpha value is -0.590. The molecule has 0 amide bonds. The Morgan fingerprint density at radius 1 is 1.25 bits per heavy atom. The fourth-order valence-corrected chi connectivity index (χ4v) is 2.72. The molecule has 0 aliphatic heterocycles. The van der Waals surface area contributed by atoms with Gasteiger partial charge >= 0.3 is 0 Å². The Kier molecular flexibility index (Phi) is 4.35. The number of rotatable bonds is 5. The lowest BCUT2D eigenvalue weighted by atomic mass is 9.67. The predicted octanol–water partition coefficient (Wildman–Crippen LogP) is 4.52. The Morgan fingerprint density at radius 2 is 1.94 bits per heavy atom. The van der Waals surface area contributed by atoms with E-state index in [9.17, 15) is 4.79 Å². The Bertz CT molecular complexity index is 275. The van der Waals surface area contributed by atoms with E-state index in [0.29, 0.717) is 17.3 Å². The van der Waals surface area contributed by atoms with Gasteiger partial charge in [-0.3, -0.25) is 4.79 Å². The third-order valence-corrected chi connectivity index (χ3v) is 4.53. The van der Waals surface area contributed by atoms with Gasteiger partial charge in [-0.25, -0.2) is 0 Å². The largest absolute Gasteiger partial charge is 0.295 e. The molecule has 1 atom stereocenters. The Balaban J connectivity index is 2.51. The second-order valence-electron chi connectivity index (χ2n) is 6.12. The average molecular weight is 222 g/mol. The van der Waals surface area contributed by atoms with E-state index in [0.717, 1.165) is 12.8 Å². The first-order chi connectivity index (χ1) is 7.41. The van der Waals surface area contributed by atoms with E-state index in [2.05, 4.69) is 26.8 Å². The summed E-state index contributed by atoms with van der Waals surface area (Å²) >= 11 is 0. The Labute approximate surface area is 100 Å². The van der Waals surface area contributed by atoms with Gasteiger partial charge in [0, 0.05) is 6.42 Å². The molecule has 1 aliphatic carbocycles. The normalized spacial score (nSPS) is 28.8. The molecule has 0 spiro atoms. The van der Waals surface area contributed by atoms with E-state index in [1.54, 1.807) is 6.08 Å². The van der Waals surface area contributed by atoms with Crippen LogP contribution in [-0.4, -0.2) is 5.78 Å². The average Bonchev–Trinajstić information content (AvgIpc) is 2.42. The fraction of sp³-hybridized carbons (Fsp3) is 0.800. The maximum Gasteiger partial charge on any atom is 0.155 e. The molecule has 0 saturated heterocycles. The summed E-state index contributed by atoms with van der Waals surface area (Å²) in [4.78, 5) is 11.4. The number of allylic oxidation sites excluding steroid dienone is 2. The summed E-state index contributed by atoms with van der Waals surface area (Å²) < 4.78 is 0. The zero-order valence-electron chi connectivity index (χ0n) is 11.3. The number of carbonyl (C=O) groups is 1. The lowest BCUT2D eigenvalue weighted by Crippen LogP contribution is -2.28. The van der Waals surface area contributed by atoms with Crippen LogP contribution in [0.15, 0.2) is 12.2 Å². The molecule has 0 heterocycles. The van der Waals surface area contributed by atoms with E-state index in [1.807, 2.05) is 6.92 Å². The number of ketones is 1. The zero-order chi connectivity index (χ0) is 12.2. The van der Waals surface area contributed by atoms with E-state index < -0.39 is 0 Å². The van der Waals surface area contributed by atoms with Crippen LogP contribution in [0, 0.1) is 10.8 Å². The van der Waals surface area contributed by atoms with Crippen molar-refractivity contribution in [2.24, 2.45) is 10.8 Å². The third kappa shape index (κ3) is 2.96. The topological polar surface area (TPSA) is 17.1 Å². The molecule has 1 nitrogen and oxygen atoms in total. The third-order valence-electron chi connectivity index (χ3n) is 4.53. The highest BCUT2D eigenvalue weighted by Gasteiger charge is 2.43. The molecule has 1 rings (SSSR count). The van der Waals surface area contributed by atoms with Gasteiger partial charge in [-0.2, -0.15) is 0 Å². The number of hydrogen-bond acceptors (Lipinski definition) is 1. The molecule has 1 saturated carbocycles. The lowest BCUT2D eigenvalue weighted by Gasteiger charge is -2.37. The molecule has 1 unspecified atom stereocenters. The summed E-state index contributed by atoms with van der Waals surface area (Å²) in [5, 5.41) is 0. The molecule has 1 heteroatoms. The van der Waals surface area contributed by atoms with Gasteiger partial charge in [0.2, 0.25) is 0 Å². The van der Waals surface area contributed by atoms with Crippen LogP contribution in [0.4, 0.5) is 0 Å². The van der Waals surface area contributed by atoms with Crippen molar-refractivity contribution in [2.45, 2.75) is 66.2 Å². The summed E-state index contributed by atoms with van der Waals surface area (Å²) in [6, 6.07) is 0. The second-order valence-corrected chi connectivity index (χ2v) is 6.12. The second kappa shape index (κ2) is 5.16. The summed E-state index contributed by atoms with van der Waals surface area (Å²) in [5.74, 6) is 0.280. The summed E-state index contributed by atoms with van der Waals surface area (Å²) in [6.45, 7) is 9.14. The van der Waals surface area contributed by atoms with Crippen LogP contribution in [0.5, 0.6) is 0 Å². The van der Waals surface area contributed by atoms with Crippen LogP contribution < -0.4 is 0 Å². The van der Waals surface area contributed by atoms with Crippen molar-refractivity contribution in [3.8, 4) is 0 Å². The minimum atomic E-state index is 0.280. The smallest absolute Gasteiger partial charge is 0.155 e. The first-order valence-electron chi connectivity index (χ1n) is 6.61. The van der Waals surface area contributed by atoms with Crippen LogP contribution in [0.2, 0.25) is 0 Å². The van der Waals surface area contributed by atoms with Crippen molar-refractivity contribution in [2.75, 3.05) is 0 Å². The minimum absolute atomic E-state index is 0.280. The maximum absolute atomic E-state index is 11.4. The van der Waals surface area contributed by atoms with Gasteiger partial charge in [0.1, 0.15) is 0 Å². The quantitative estimate of drug-likeness (QED) is 0.625. The maximum atomic E-state index is 11.4. The molecular weight excluding hydrogens is 196 g/mol. The minimum Gasteiger partial charge on any atom is -0.295 e. The van der Waals surface area contributed by atoms with E-state index in [-0.39, 0.29) is 5.78 Å². The molecule has 0 aromatic carbocycles. The van der Waals surface area contributed by atoms with Gasteiger partial charge in [-0.05, 0) is 42.6 Å². The van der Waals surface area contributed by atoms with Crippen LogP contribution in [0.1, 0.15) is 66.2 Å². The van der Waals surface area contributed by atoms with Crippen molar-refractivity contribution in [3.05, 3.63) is 12.2 Å². The van der Waals surface area contributed by atoms with Gasteiger partial charge in [-0.1, -0.05) is 40.2 Å². The van der Waals surface area contributed by atoms with Crippen molar-refractivity contribution in [1.82, 2.24) is 0 Å². The summed E-state index contributed by atoms with van der Waals surface area (Å²) in [6.07, 6.45) is 10.5. The van der Waals surface area contributed by atoms with E-state index in [4.69, 9.17) is 0 Å². The van der Waals surface area contributed by atoms with Crippen LogP contribution >= 0.6 is 0 Å². The first-order valence-corrected chi connectivity index (χ1v) is 6.61. The highest BCUT2D eigenvalue weighted by atomic mass is 16.1. The van der Waals surface area contributed by atoms with Gasteiger partial charge in [0.25, 0.3) is 0 Å². The summed E-state index contributed by atoms with van der Waals surface area (Å²) in [7, 11) is 0. The molecule has 0 N–H and O–H groups in total. The molecule has 92 valence electrons. The number of carbonyl (C=O) groups excluding carboxylic acids is 1. The number of hydrogen-bond donors (Lipinski definition) is 0. The predicted molar refractivity (Wildman–Crippen MR) is 69.4 cm³/mol. The van der Waals surface area contributed by atoms with Gasteiger partial charge in [0.15, 0.2) is 5.78 Å². The standard InChI is InChI=1S/C15H26O/c1-5-8-13(16)9-6-11-15(4)12-7-10-14(15,2)3/h6,9H,5,7-8,10-12H2,1-4H3. The summed E-state index contributed by atoms with van der Waals surface area (Å²) in [5.41, 5.74) is 0.807. The van der Waals surface area contributed by atoms with E-state index in [1.165, 1.54) is 19.3 Å². The van der Waals surface area contributed by atoms with Gasteiger partial charge in [0.05, 0.1) is 0 Å². The molecule has 1 aliphatic rings. The zero-order valence-corrected chi connectivity index (χ0v) is 11.3.